The van der Waals surface area contributed by atoms with Gasteiger partial charge in [-0.15, -0.1) is 0 Å². The van der Waals surface area contributed by atoms with Crippen molar-refractivity contribution in [3.63, 3.8) is 0 Å². The number of benzene rings is 9. The van der Waals surface area contributed by atoms with Gasteiger partial charge in [0.15, 0.2) is 17.5 Å². The van der Waals surface area contributed by atoms with Crippen molar-refractivity contribution in [2.24, 2.45) is 0 Å². The number of nitrogens with zero attached hydrogens (tertiary/aromatic N) is 4. The maximum absolute atomic E-state index is 5.36. The Morgan fingerprint density at radius 3 is 1.69 bits per heavy atom. The SMILES string of the molecule is C1=Cc2ccc(-c3ccccc3)c(-c3nc(-c4ccc(-c5ccccc5)cc4)nc(-c4ccc5cc(-c6ccc7c(c6)c6ccccc6n7-c6ccccc6)ccc5c4)n3)c2C=CC1. The van der Waals surface area contributed by atoms with Crippen LogP contribution >= 0.6 is 0 Å². The first-order chi connectivity index (χ1) is 31.7. The standard InChI is InChI=1S/C60H40N4/c1-5-15-40(16-6-1)41-25-27-44(28-26-41)58-61-59(63-60(62-58)57-51-22-12-3-9-19-43(51)33-35-52(57)42-17-7-2-8-18-42)49-32-31-45-37-46(29-30-47(45)38-49)48-34-36-56-54(39-48)53-23-13-14-24-55(53)64(56)50-20-10-4-11-21-50/h1-2,4-39H,3H2. The van der Waals surface area contributed by atoms with Crippen molar-refractivity contribution in [3.8, 4) is 73.2 Å². The lowest BCUT2D eigenvalue weighted by atomic mass is 9.91. The smallest absolute Gasteiger partial charge is 0.165 e. The molecule has 0 saturated carbocycles. The van der Waals surface area contributed by atoms with E-state index in [1.54, 1.807) is 0 Å². The number of hydrogen-bond donors (Lipinski definition) is 0. The molecule has 0 amide bonds. The Balaban J connectivity index is 0.985. The van der Waals surface area contributed by atoms with Crippen molar-refractivity contribution in [1.82, 2.24) is 19.5 Å². The van der Waals surface area contributed by atoms with Crippen molar-refractivity contribution < 1.29 is 0 Å². The van der Waals surface area contributed by atoms with Gasteiger partial charge in [-0.2, -0.15) is 0 Å². The summed E-state index contributed by atoms with van der Waals surface area (Å²) in [5.74, 6) is 1.90. The molecule has 0 bridgehead atoms. The molecule has 0 atom stereocenters. The van der Waals surface area contributed by atoms with Gasteiger partial charge in [0.05, 0.1) is 11.0 Å². The lowest BCUT2D eigenvalue weighted by Crippen LogP contribution is -2.03. The number of allylic oxidation sites excluding steroid dienone is 2. The second kappa shape index (κ2) is 15.8. The normalized spacial score (nSPS) is 12.2. The lowest BCUT2D eigenvalue weighted by molar-refractivity contribution is 1.07. The number of fused-ring (bicyclic) bond motifs is 5. The molecule has 2 aromatic heterocycles. The summed E-state index contributed by atoms with van der Waals surface area (Å²) in [6.45, 7) is 0. The molecule has 0 spiro atoms. The van der Waals surface area contributed by atoms with Crippen LogP contribution in [-0.4, -0.2) is 19.5 Å². The molecule has 12 rings (SSSR count). The molecular formula is C60H40N4. The molecule has 0 fully saturated rings. The number of aromatic nitrogens is 4. The molecule has 11 aromatic rings. The van der Waals surface area contributed by atoms with Crippen molar-refractivity contribution in [3.05, 3.63) is 230 Å². The summed E-state index contributed by atoms with van der Waals surface area (Å²) in [7, 11) is 0. The van der Waals surface area contributed by atoms with Crippen LogP contribution in [0.4, 0.5) is 0 Å². The zero-order chi connectivity index (χ0) is 42.4. The monoisotopic (exact) mass is 816 g/mol. The minimum absolute atomic E-state index is 0.628. The molecule has 64 heavy (non-hydrogen) atoms. The Labute approximate surface area is 371 Å². The molecule has 0 unspecified atom stereocenters. The molecule has 0 saturated heterocycles. The minimum atomic E-state index is 0.628. The Morgan fingerprint density at radius 2 is 0.906 bits per heavy atom. The first-order valence-corrected chi connectivity index (χ1v) is 21.8. The van der Waals surface area contributed by atoms with Crippen LogP contribution in [0.1, 0.15) is 17.5 Å². The van der Waals surface area contributed by atoms with Crippen LogP contribution in [0.25, 0.3) is 118 Å². The molecular weight excluding hydrogens is 777 g/mol. The number of para-hydroxylation sites is 2. The number of hydrogen-bond acceptors (Lipinski definition) is 3. The van der Waals surface area contributed by atoms with Crippen molar-refractivity contribution in [2.75, 3.05) is 0 Å². The van der Waals surface area contributed by atoms with Crippen LogP contribution in [0.2, 0.25) is 0 Å². The maximum atomic E-state index is 5.36. The van der Waals surface area contributed by atoms with Gasteiger partial charge in [-0.3, -0.25) is 0 Å². The van der Waals surface area contributed by atoms with E-state index in [-0.39, 0.29) is 0 Å². The van der Waals surface area contributed by atoms with E-state index < -0.39 is 0 Å². The van der Waals surface area contributed by atoms with E-state index in [4.69, 9.17) is 15.0 Å². The summed E-state index contributed by atoms with van der Waals surface area (Å²) in [4.78, 5) is 15.9. The first-order valence-electron chi connectivity index (χ1n) is 21.8. The van der Waals surface area contributed by atoms with Gasteiger partial charge in [-0.1, -0.05) is 188 Å². The van der Waals surface area contributed by atoms with Crippen LogP contribution in [0.5, 0.6) is 0 Å². The van der Waals surface area contributed by atoms with E-state index in [2.05, 4.69) is 229 Å². The molecule has 4 heteroatoms. The minimum Gasteiger partial charge on any atom is -0.309 e. The highest BCUT2D eigenvalue weighted by atomic mass is 15.0. The Kier molecular flexibility index (Phi) is 9.19. The molecule has 4 nitrogen and oxygen atoms in total. The molecule has 1 aliphatic carbocycles. The van der Waals surface area contributed by atoms with E-state index >= 15 is 0 Å². The van der Waals surface area contributed by atoms with Gasteiger partial charge < -0.3 is 4.57 Å². The maximum Gasteiger partial charge on any atom is 0.165 e. The average molecular weight is 817 g/mol. The highest BCUT2D eigenvalue weighted by Gasteiger charge is 2.21. The largest absolute Gasteiger partial charge is 0.309 e. The summed E-state index contributed by atoms with van der Waals surface area (Å²) in [6, 6.07) is 73.4. The van der Waals surface area contributed by atoms with Crippen LogP contribution in [0, 0.1) is 0 Å². The van der Waals surface area contributed by atoms with Gasteiger partial charge in [0.25, 0.3) is 0 Å². The highest BCUT2D eigenvalue weighted by molar-refractivity contribution is 6.10. The first kappa shape index (κ1) is 37.3. The molecule has 0 aliphatic heterocycles. The zero-order valence-corrected chi connectivity index (χ0v) is 34.9. The van der Waals surface area contributed by atoms with Gasteiger partial charge in [-0.05, 0) is 104 Å². The van der Waals surface area contributed by atoms with Crippen LogP contribution in [0.3, 0.4) is 0 Å². The quantitative estimate of drug-likeness (QED) is 0.161. The van der Waals surface area contributed by atoms with Crippen molar-refractivity contribution >= 4 is 44.7 Å². The molecule has 0 N–H and O–H groups in total. The lowest BCUT2D eigenvalue weighted by Gasteiger charge is -2.17. The Hall–Kier alpha value is -8.47. The predicted octanol–water partition coefficient (Wildman–Crippen LogP) is 15.6. The number of rotatable bonds is 7. The summed E-state index contributed by atoms with van der Waals surface area (Å²) < 4.78 is 2.36. The topological polar surface area (TPSA) is 43.6 Å². The molecule has 0 radical (unpaired) electrons. The van der Waals surface area contributed by atoms with Gasteiger partial charge >= 0.3 is 0 Å². The summed E-state index contributed by atoms with van der Waals surface area (Å²) in [5, 5.41) is 4.74. The predicted molar refractivity (Wildman–Crippen MR) is 267 cm³/mol. The van der Waals surface area contributed by atoms with Gasteiger partial charge in [-0.25, -0.2) is 15.0 Å². The van der Waals surface area contributed by atoms with Gasteiger partial charge in [0.2, 0.25) is 0 Å². The Bertz CT molecular complexity index is 3600. The fraction of sp³-hybridized carbons (Fsp3) is 0.0167. The van der Waals surface area contributed by atoms with Crippen molar-refractivity contribution in [1.29, 1.82) is 0 Å². The van der Waals surface area contributed by atoms with E-state index in [9.17, 15) is 0 Å². The third-order valence-electron chi connectivity index (χ3n) is 12.4. The molecule has 2 heterocycles. The van der Waals surface area contributed by atoms with E-state index in [0.717, 1.165) is 67.4 Å². The zero-order valence-electron chi connectivity index (χ0n) is 34.9. The summed E-state index contributed by atoms with van der Waals surface area (Å²) in [5.41, 5.74) is 15.5. The third-order valence-corrected chi connectivity index (χ3v) is 12.4. The second-order valence-electron chi connectivity index (χ2n) is 16.3. The molecule has 1 aliphatic rings. The van der Waals surface area contributed by atoms with Crippen LogP contribution in [0.15, 0.2) is 218 Å². The fourth-order valence-corrected chi connectivity index (χ4v) is 9.28. The van der Waals surface area contributed by atoms with Gasteiger partial charge in [0.1, 0.15) is 0 Å². The Morgan fingerprint density at radius 1 is 0.359 bits per heavy atom. The van der Waals surface area contributed by atoms with Gasteiger partial charge in [0, 0.05) is 33.2 Å². The summed E-state index contributed by atoms with van der Waals surface area (Å²) >= 11 is 0. The van der Waals surface area contributed by atoms with Crippen LogP contribution < -0.4 is 0 Å². The second-order valence-corrected chi connectivity index (χ2v) is 16.3. The van der Waals surface area contributed by atoms with E-state index in [1.165, 1.54) is 38.5 Å². The molecule has 9 aromatic carbocycles. The van der Waals surface area contributed by atoms with Crippen molar-refractivity contribution in [2.45, 2.75) is 6.42 Å². The molecule has 300 valence electrons. The van der Waals surface area contributed by atoms with E-state index in [1.807, 2.05) is 6.07 Å². The summed E-state index contributed by atoms with van der Waals surface area (Å²) in [6.07, 6.45) is 9.71. The average Bonchev–Trinajstić information content (AvgIpc) is 3.50. The highest BCUT2D eigenvalue weighted by Crippen LogP contribution is 2.40. The third kappa shape index (κ3) is 6.70. The van der Waals surface area contributed by atoms with Crippen LogP contribution in [-0.2, 0) is 0 Å². The fourth-order valence-electron chi connectivity index (χ4n) is 9.28. The van der Waals surface area contributed by atoms with E-state index in [0.29, 0.717) is 17.5 Å².